The number of aromatic nitrogens is 1. The van der Waals surface area contributed by atoms with Gasteiger partial charge in [0.05, 0.1) is 11.2 Å². The number of benzene rings is 1. The van der Waals surface area contributed by atoms with Crippen LogP contribution in [-0.2, 0) is 0 Å². The van der Waals surface area contributed by atoms with E-state index in [1.165, 1.54) is 19.3 Å². The molecule has 2 aliphatic rings. The summed E-state index contributed by atoms with van der Waals surface area (Å²) in [6.45, 7) is 1.33. The summed E-state index contributed by atoms with van der Waals surface area (Å²) in [5.74, 6) is 0. The molecule has 29 heavy (non-hydrogen) atoms. The number of fused-ring (bicyclic) bond motifs is 1. The molecule has 1 saturated heterocycles. The molecule has 2 aromatic rings. The minimum atomic E-state index is -0.228. The normalized spacial score (nSPS) is 18.4. The van der Waals surface area contributed by atoms with Gasteiger partial charge < -0.3 is 20.9 Å². The van der Waals surface area contributed by atoms with E-state index in [0.717, 1.165) is 36.6 Å². The van der Waals surface area contributed by atoms with Crippen LogP contribution in [0.1, 0.15) is 44.9 Å². The van der Waals surface area contributed by atoms with Gasteiger partial charge in [-0.2, -0.15) is 0 Å². The predicted molar refractivity (Wildman–Crippen MR) is 114 cm³/mol. The lowest BCUT2D eigenvalue weighted by atomic mass is 9.95. The van der Waals surface area contributed by atoms with Gasteiger partial charge >= 0.3 is 12.1 Å². The number of anilines is 1. The summed E-state index contributed by atoms with van der Waals surface area (Å²) in [5, 5.41) is 10.1. The lowest BCUT2D eigenvalue weighted by Crippen LogP contribution is -2.52. The molecule has 7 heteroatoms. The maximum absolute atomic E-state index is 12.5. The van der Waals surface area contributed by atoms with Crippen LogP contribution in [0, 0.1) is 0 Å². The van der Waals surface area contributed by atoms with E-state index in [4.69, 9.17) is 0 Å². The molecule has 0 atom stereocenters. The average Bonchev–Trinajstić information content (AvgIpc) is 2.75. The standard InChI is InChI=1S/C22H29N5O2/c28-21(26-19-10-4-6-16-7-5-13-23-20(16)19)24-18-11-14-27(15-12-18)22(29)25-17-8-2-1-3-9-17/h4-7,10,13,17-18H,1-3,8-9,11-12,14-15H2,(H,25,29)(H2,24,26,28). The zero-order valence-electron chi connectivity index (χ0n) is 16.7. The fourth-order valence-electron chi connectivity index (χ4n) is 4.29. The number of rotatable bonds is 3. The van der Waals surface area contributed by atoms with Crippen molar-refractivity contribution < 1.29 is 9.59 Å². The number of piperidine rings is 1. The number of hydrogen-bond donors (Lipinski definition) is 3. The largest absolute Gasteiger partial charge is 0.335 e. The van der Waals surface area contributed by atoms with Gasteiger partial charge in [-0.15, -0.1) is 0 Å². The van der Waals surface area contributed by atoms with Crippen LogP contribution in [0.5, 0.6) is 0 Å². The summed E-state index contributed by atoms with van der Waals surface area (Å²) in [4.78, 5) is 31.2. The van der Waals surface area contributed by atoms with E-state index in [9.17, 15) is 9.59 Å². The number of likely N-dealkylation sites (tertiary alicyclic amines) is 1. The molecule has 2 heterocycles. The smallest absolute Gasteiger partial charge is 0.319 e. The molecule has 154 valence electrons. The number of urea groups is 2. The van der Waals surface area contributed by atoms with Crippen LogP contribution in [-0.4, -0.2) is 47.1 Å². The fraction of sp³-hybridized carbons (Fsp3) is 0.500. The van der Waals surface area contributed by atoms with Gasteiger partial charge in [0.2, 0.25) is 0 Å². The number of nitrogens with one attached hydrogen (secondary N) is 3. The van der Waals surface area contributed by atoms with E-state index in [-0.39, 0.29) is 18.1 Å². The Morgan fingerprint density at radius 3 is 2.41 bits per heavy atom. The van der Waals surface area contributed by atoms with Crippen LogP contribution < -0.4 is 16.0 Å². The van der Waals surface area contributed by atoms with Crippen LogP contribution >= 0.6 is 0 Å². The predicted octanol–water partition coefficient (Wildman–Crippen LogP) is 3.86. The second kappa shape index (κ2) is 9.11. The summed E-state index contributed by atoms with van der Waals surface area (Å²) < 4.78 is 0. The Labute approximate surface area is 171 Å². The quantitative estimate of drug-likeness (QED) is 0.737. The average molecular weight is 396 g/mol. The van der Waals surface area contributed by atoms with Crippen LogP contribution in [0.4, 0.5) is 15.3 Å². The highest BCUT2D eigenvalue weighted by Gasteiger charge is 2.25. The van der Waals surface area contributed by atoms with Gasteiger partial charge in [-0.3, -0.25) is 4.98 Å². The molecular formula is C22H29N5O2. The maximum Gasteiger partial charge on any atom is 0.319 e. The van der Waals surface area contributed by atoms with E-state index < -0.39 is 0 Å². The van der Waals surface area contributed by atoms with Crippen molar-refractivity contribution in [2.45, 2.75) is 57.0 Å². The first-order valence-electron chi connectivity index (χ1n) is 10.7. The molecule has 1 aliphatic heterocycles. The van der Waals surface area contributed by atoms with E-state index in [1.807, 2.05) is 35.2 Å². The third-order valence-electron chi connectivity index (χ3n) is 5.93. The number of para-hydroxylation sites is 1. The van der Waals surface area contributed by atoms with Gasteiger partial charge in [0.15, 0.2) is 0 Å². The van der Waals surface area contributed by atoms with Gasteiger partial charge in [0.25, 0.3) is 0 Å². The molecule has 1 saturated carbocycles. The minimum Gasteiger partial charge on any atom is -0.335 e. The van der Waals surface area contributed by atoms with Crippen molar-refractivity contribution in [3.63, 3.8) is 0 Å². The zero-order valence-corrected chi connectivity index (χ0v) is 16.7. The van der Waals surface area contributed by atoms with E-state index in [1.54, 1.807) is 6.20 Å². The van der Waals surface area contributed by atoms with Crippen molar-refractivity contribution in [2.24, 2.45) is 0 Å². The third-order valence-corrected chi connectivity index (χ3v) is 5.93. The Morgan fingerprint density at radius 2 is 1.62 bits per heavy atom. The Morgan fingerprint density at radius 1 is 0.897 bits per heavy atom. The monoisotopic (exact) mass is 395 g/mol. The van der Waals surface area contributed by atoms with E-state index in [0.29, 0.717) is 24.8 Å². The van der Waals surface area contributed by atoms with Gasteiger partial charge in [-0.05, 0) is 37.8 Å². The summed E-state index contributed by atoms with van der Waals surface area (Å²) in [6, 6.07) is 9.79. The molecule has 1 aromatic carbocycles. The highest BCUT2D eigenvalue weighted by molar-refractivity contribution is 5.99. The molecule has 3 N–H and O–H groups in total. The molecule has 0 radical (unpaired) electrons. The SMILES string of the molecule is O=C(Nc1cccc2cccnc12)NC1CCN(C(=O)NC2CCCCC2)CC1. The Bertz CT molecular complexity index is 852. The highest BCUT2D eigenvalue weighted by atomic mass is 16.2. The number of amides is 4. The fourth-order valence-corrected chi connectivity index (χ4v) is 4.29. The molecule has 0 spiro atoms. The van der Waals surface area contributed by atoms with Crippen molar-refractivity contribution in [1.82, 2.24) is 20.5 Å². The number of carbonyl (C=O) groups is 2. The van der Waals surface area contributed by atoms with Gasteiger partial charge in [0, 0.05) is 36.8 Å². The molecular weight excluding hydrogens is 366 g/mol. The molecule has 4 rings (SSSR count). The molecule has 1 aliphatic carbocycles. The number of hydrogen-bond acceptors (Lipinski definition) is 3. The van der Waals surface area contributed by atoms with Crippen LogP contribution in [0.2, 0.25) is 0 Å². The van der Waals surface area contributed by atoms with Crippen LogP contribution in [0.15, 0.2) is 36.5 Å². The number of pyridine rings is 1. The second-order valence-electron chi connectivity index (χ2n) is 8.02. The van der Waals surface area contributed by atoms with Gasteiger partial charge in [-0.1, -0.05) is 37.5 Å². The van der Waals surface area contributed by atoms with Gasteiger partial charge in [-0.25, -0.2) is 9.59 Å². The van der Waals surface area contributed by atoms with Crippen molar-refractivity contribution in [1.29, 1.82) is 0 Å². The zero-order chi connectivity index (χ0) is 20.1. The lowest BCUT2D eigenvalue weighted by molar-refractivity contribution is 0.170. The van der Waals surface area contributed by atoms with Crippen molar-refractivity contribution in [2.75, 3.05) is 18.4 Å². The van der Waals surface area contributed by atoms with Gasteiger partial charge in [0.1, 0.15) is 0 Å². The Balaban J connectivity index is 1.25. The van der Waals surface area contributed by atoms with Crippen LogP contribution in [0.25, 0.3) is 10.9 Å². The topological polar surface area (TPSA) is 86.4 Å². The lowest BCUT2D eigenvalue weighted by Gasteiger charge is -2.34. The number of nitrogens with zero attached hydrogens (tertiary/aromatic N) is 2. The summed E-state index contributed by atoms with van der Waals surface area (Å²) >= 11 is 0. The first kappa shape index (κ1) is 19.5. The minimum absolute atomic E-state index is 0.0432. The van der Waals surface area contributed by atoms with E-state index >= 15 is 0 Å². The molecule has 0 unspecified atom stereocenters. The number of carbonyl (C=O) groups excluding carboxylic acids is 2. The van der Waals surface area contributed by atoms with E-state index in [2.05, 4.69) is 20.9 Å². The maximum atomic E-state index is 12.5. The summed E-state index contributed by atoms with van der Waals surface area (Å²) in [7, 11) is 0. The Hall–Kier alpha value is -2.83. The summed E-state index contributed by atoms with van der Waals surface area (Å²) in [5.41, 5.74) is 1.48. The third kappa shape index (κ3) is 4.96. The first-order chi connectivity index (χ1) is 14.2. The van der Waals surface area contributed by atoms with Crippen molar-refractivity contribution in [3.8, 4) is 0 Å². The highest BCUT2D eigenvalue weighted by Crippen LogP contribution is 2.21. The van der Waals surface area contributed by atoms with Crippen LogP contribution in [0.3, 0.4) is 0 Å². The Kier molecular flexibility index (Phi) is 6.12. The van der Waals surface area contributed by atoms with Crippen molar-refractivity contribution in [3.05, 3.63) is 36.5 Å². The molecule has 7 nitrogen and oxygen atoms in total. The van der Waals surface area contributed by atoms with Crippen molar-refractivity contribution >= 4 is 28.7 Å². The molecule has 0 bridgehead atoms. The molecule has 1 aromatic heterocycles. The molecule has 4 amide bonds. The second-order valence-corrected chi connectivity index (χ2v) is 8.02. The molecule has 2 fully saturated rings. The first-order valence-corrected chi connectivity index (χ1v) is 10.7. The summed E-state index contributed by atoms with van der Waals surface area (Å²) in [6.07, 6.45) is 9.12.